The van der Waals surface area contributed by atoms with Crippen LogP contribution < -0.4 is 4.72 Å². The Bertz CT molecular complexity index is 1380. The van der Waals surface area contributed by atoms with Crippen LogP contribution in [0.4, 0.5) is 35.1 Å². The minimum Gasteiger partial charge on any atom is -0.223 e. The predicted molar refractivity (Wildman–Crippen MR) is 111 cm³/mol. The molecule has 0 saturated heterocycles. The summed E-state index contributed by atoms with van der Waals surface area (Å²) in [4.78, 5) is -1.75. The number of alkyl halides is 6. The van der Waals surface area contributed by atoms with E-state index in [4.69, 9.17) is 0 Å². The van der Waals surface area contributed by atoms with Gasteiger partial charge in [-0.3, -0.25) is 0 Å². The van der Waals surface area contributed by atoms with Crippen molar-refractivity contribution < 1.29 is 52.0 Å². The lowest BCUT2D eigenvalue weighted by molar-refractivity contribution is -0.140. The number of halogens is 8. The van der Waals surface area contributed by atoms with E-state index in [0.29, 0.717) is 24.3 Å². The van der Waals surface area contributed by atoms with Gasteiger partial charge in [-0.25, -0.2) is 30.3 Å². The Hall–Kier alpha value is -2.26. The van der Waals surface area contributed by atoms with Crippen LogP contribution in [0.3, 0.4) is 0 Å². The first kappa shape index (κ1) is 28.3. The zero-order chi connectivity index (χ0) is 27.5. The smallest absolute Gasteiger partial charge is 0.223 e. The Morgan fingerprint density at radius 1 is 0.806 bits per heavy atom. The molecule has 200 valence electrons. The van der Waals surface area contributed by atoms with Crippen molar-refractivity contribution in [2.75, 3.05) is 0 Å². The lowest BCUT2D eigenvalue weighted by atomic mass is 9.73. The molecule has 0 atom stereocenters. The molecule has 0 radical (unpaired) electrons. The lowest BCUT2D eigenvalue weighted by Crippen LogP contribution is -2.53. The molecule has 2 aromatic rings. The number of rotatable bonds is 6. The quantitative estimate of drug-likeness (QED) is 0.482. The van der Waals surface area contributed by atoms with Crippen molar-refractivity contribution in [2.45, 2.75) is 59.6 Å². The van der Waals surface area contributed by atoms with Crippen molar-refractivity contribution in [3.8, 4) is 0 Å². The Labute approximate surface area is 201 Å². The number of sulfone groups is 1. The van der Waals surface area contributed by atoms with E-state index >= 15 is 0 Å². The highest BCUT2D eigenvalue weighted by Crippen LogP contribution is 2.44. The molecule has 5 nitrogen and oxygen atoms in total. The molecule has 1 aliphatic rings. The van der Waals surface area contributed by atoms with Gasteiger partial charge in [0.05, 0.1) is 25.7 Å². The SMILES string of the molecule is CC(C)([C@H]1C[C@@H](NS(=O)(=O)c2ccc(F)c(C(F)(F)F)c2)C1)S(=O)(=O)c1cc(F)cc(C(F)(F)F)c1. The molecule has 0 unspecified atom stereocenters. The molecule has 3 rings (SSSR count). The molecule has 1 saturated carbocycles. The van der Waals surface area contributed by atoms with Gasteiger partial charge in [0.1, 0.15) is 11.6 Å². The average molecular weight is 566 g/mol. The fourth-order valence-corrected chi connectivity index (χ4v) is 6.94. The first-order valence-corrected chi connectivity index (χ1v) is 13.1. The van der Waals surface area contributed by atoms with Gasteiger partial charge >= 0.3 is 12.4 Å². The molecule has 2 aromatic carbocycles. The maximum Gasteiger partial charge on any atom is 0.419 e. The van der Waals surface area contributed by atoms with Gasteiger partial charge in [-0.05, 0) is 69.0 Å². The van der Waals surface area contributed by atoms with E-state index in [0.717, 1.165) is 0 Å². The molecule has 1 aliphatic carbocycles. The summed E-state index contributed by atoms with van der Waals surface area (Å²) in [6.07, 6.45) is -10.4. The highest BCUT2D eigenvalue weighted by molar-refractivity contribution is 7.92. The van der Waals surface area contributed by atoms with Gasteiger partial charge in [0.25, 0.3) is 0 Å². The van der Waals surface area contributed by atoms with Crippen molar-refractivity contribution in [2.24, 2.45) is 5.92 Å². The lowest BCUT2D eigenvalue weighted by Gasteiger charge is -2.44. The van der Waals surface area contributed by atoms with Crippen LogP contribution in [0, 0.1) is 17.6 Å². The Kier molecular flexibility index (Phi) is 7.03. The number of hydrogen-bond acceptors (Lipinski definition) is 4. The monoisotopic (exact) mass is 565 g/mol. The molecule has 36 heavy (non-hydrogen) atoms. The van der Waals surface area contributed by atoms with E-state index in [9.17, 15) is 52.0 Å². The molecule has 0 bridgehead atoms. The zero-order valence-corrected chi connectivity index (χ0v) is 20.1. The molecular weight excluding hydrogens is 546 g/mol. The molecule has 15 heteroatoms. The molecule has 0 amide bonds. The largest absolute Gasteiger partial charge is 0.419 e. The average Bonchev–Trinajstić information content (AvgIpc) is 2.68. The van der Waals surface area contributed by atoms with Crippen molar-refractivity contribution in [3.05, 3.63) is 59.2 Å². The third-order valence-electron chi connectivity index (χ3n) is 6.20. The summed E-state index contributed by atoms with van der Waals surface area (Å²) in [5.74, 6) is -3.86. The fourth-order valence-electron chi connectivity index (χ4n) is 3.86. The van der Waals surface area contributed by atoms with Crippen molar-refractivity contribution in [3.63, 3.8) is 0 Å². The van der Waals surface area contributed by atoms with Gasteiger partial charge in [-0.2, -0.15) is 26.3 Å². The molecule has 1 N–H and O–H groups in total. The van der Waals surface area contributed by atoms with Gasteiger partial charge in [0, 0.05) is 6.04 Å². The van der Waals surface area contributed by atoms with Gasteiger partial charge in [0.15, 0.2) is 9.84 Å². The molecule has 0 aromatic heterocycles. The van der Waals surface area contributed by atoms with E-state index in [2.05, 4.69) is 4.72 Å². The first-order chi connectivity index (χ1) is 16.2. The summed E-state index contributed by atoms with van der Waals surface area (Å²) < 4.78 is 157. The maximum absolute atomic E-state index is 13.8. The van der Waals surface area contributed by atoms with Gasteiger partial charge in [0.2, 0.25) is 10.0 Å². The topological polar surface area (TPSA) is 80.3 Å². The Morgan fingerprint density at radius 3 is 1.92 bits per heavy atom. The third kappa shape index (κ3) is 5.37. The second kappa shape index (κ2) is 8.94. The second-order valence-corrected chi connectivity index (χ2v) is 13.2. The number of sulfonamides is 1. The van der Waals surface area contributed by atoms with Crippen LogP contribution in [-0.2, 0) is 32.2 Å². The Morgan fingerprint density at radius 2 is 1.39 bits per heavy atom. The van der Waals surface area contributed by atoms with Gasteiger partial charge < -0.3 is 0 Å². The van der Waals surface area contributed by atoms with Crippen LogP contribution in [0.25, 0.3) is 0 Å². The van der Waals surface area contributed by atoms with Crippen LogP contribution in [0.1, 0.15) is 37.8 Å². The molecule has 0 spiro atoms. The summed E-state index contributed by atoms with van der Waals surface area (Å²) in [6, 6.07) is 1.13. The summed E-state index contributed by atoms with van der Waals surface area (Å²) in [6.45, 7) is 2.40. The minimum absolute atomic E-state index is 0.125. The first-order valence-electron chi connectivity index (χ1n) is 10.2. The summed E-state index contributed by atoms with van der Waals surface area (Å²) in [7, 11) is -9.08. The van der Waals surface area contributed by atoms with Gasteiger partial charge in [-0.1, -0.05) is 0 Å². The predicted octanol–water partition coefficient (Wildman–Crippen LogP) is 5.31. The van der Waals surface area contributed by atoms with E-state index < -0.39 is 81.5 Å². The number of nitrogens with one attached hydrogen (secondary N) is 1. The van der Waals surface area contributed by atoms with E-state index in [-0.39, 0.29) is 25.0 Å². The van der Waals surface area contributed by atoms with E-state index in [1.54, 1.807) is 0 Å². The van der Waals surface area contributed by atoms with Crippen LogP contribution in [0.5, 0.6) is 0 Å². The molecule has 1 fully saturated rings. The Balaban J connectivity index is 1.79. The minimum atomic E-state index is -5.14. The third-order valence-corrected chi connectivity index (χ3v) is 10.3. The fraction of sp³-hybridized carbons (Fsp3) is 0.429. The normalized spacial score (nSPS) is 19.7. The molecular formula is C21H19F8NO4S2. The maximum atomic E-state index is 13.8. The summed E-state index contributed by atoms with van der Waals surface area (Å²) >= 11 is 0. The zero-order valence-electron chi connectivity index (χ0n) is 18.5. The van der Waals surface area contributed by atoms with E-state index in [1.807, 2.05) is 0 Å². The number of hydrogen-bond donors (Lipinski definition) is 1. The number of benzene rings is 2. The standard InChI is InChI=1S/C21H19F8NO4S2/c1-19(2,35(31,32)16-8-12(20(24,25)26)5-13(22)9-16)11-6-14(7-11)30-36(33,34)15-3-4-18(23)17(10-15)21(27,28)29/h3-5,8-11,14,30H,6-7H2,1-2H3/t11-,14+. The summed E-state index contributed by atoms with van der Waals surface area (Å²) in [5.41, 5.74) is -3.27. The van der Waals surface area contributed by atoms with Crippen molar-refractivity contribution in [1.29, 1.82) is 0 Å². The molecule has 0 aliphatic heterocycles. The summed E-state index contributed by atoms with van der Waals surface area (Å²) in [5, 5.41) is 0. The van der Waals surface area contributed by atoms with Gasteiger partial charge in [-0.15, -0.1) is 0 Å². The molecule has 0 heterocycles. The van der Waals surface area contributed by atoms with Crippen LogP contribution in [0.2, 0.25) is 0 Å². The van der Waals surface area contributed by atoms with Crippen LogP contribution in [-0.4, -0.2) is 27.6 Å². The van der Waals surface area contributed by atoms with Crippen molar-refractivity contribution in [1.82, 2.24) is 4.72 Å². The van der Waals surface area contributed by atoms with Crippen LogP contribution >= 0.6 is 0 Å². The highest BCUT2D eigenvalue weighted by atomic mass is 32.2. The van der Waals surface area contributed by atoms with E-state index in [1.165, 1.54) is 13.8 Å². The second-order valence-electron chi connectivity index (χ2n) is 8.91. The highest BCUT2D eigenvalue weighted by Gasteiger charge is 2.50. The van der Waals surface area contributed by atoms with Crippen molar-refractivity contribution >= 4 is 19.9 Å². The van der Waals surface area contributed by atoms with Crippen LogP contribution in [0.15, 0.2) is 46.2 Å².